The Morgan fingerprint density at radius 2 is 1.21 bits per heavy atom. The second kappa shape index (κ2) is 6.45. The van der Waals surface area contributed by atoms with Gasteiger partial charge in [0.1, 0.15) is 0 Å². The Morgan fingerprint density at radius 1 is 0.786 bits per heavy atom. The molecular weight excluding hydrogens is 238 g/mol. The lowest BCUT2D eigenvalue weighted by molar-refractivity contribution is 0.404. The summed E-state index contributed by atoms with van der Waals surface area (Å²) in [5.41, 5.74) is 0. The summed E-state index contributed by atoms with van der Waals surface area (Å²) in [6, 6.07) is 0. The number of hydrogen-bond donors (Lipinski definition) is 0. The monoisotopic (exact) mass is 256 g/mol. The molecule has 0 heterocycles. The van der Waals surface area contributed by atoms with E-state index in [4.69, 9.17) is 34.8 Å². The first-order valence-electron chi connectivity index (χ1n) is 5.65. The van der Waals surface area contributed by atoms with Crippen molar-refractivity contribution >= 4 is 34.8 Å². The van der Waals surface area contributed by atoms with Crippen LogP contribution in [0.3, 0.4) is 0 Å². The quantitative estimate of drug-likeness (QED) is 0.544. The first-order valence-corrected chi connectivity index (χ1v) is 6.78. The van der Waals surface area contributed by atoms with Gasteiger partial charge in [0.2, 0.25) is 0 Å². The molecule has 0 aliphatic heterocycles. The van der Waals surface area contributed by atoms with Crippen LogP contribution in [-0.4, -0.2) is 3.79 Å². The van der Waals surface area contributed by atoms with Crippen LogP contribution in [0, 0.1) is 5.92 Å². The highest BCUT2D eigenvalue weighted by molar-refractivity contribution is 6.67. The molecule has 0 aromatic rings. The van der Waals surface area contributed by atoms with Crippen LogP contribution in [0.15, 0.2) is 0 Å². The van der Waals surface area contributed by atoms with Gasteiger partial charge in [0.25, 0.3) is 0 Å². The van der Waals surface area contributed by atoms with E-state index < -0.39 is 3.79 Å². The van der Waals surface area contributed by atoms with Crippen molar-refractivity contribution < 1.29 is 0 Å². The van der Waals surface area contributed by atoms with Gasteiger partial charge in [-0.05, 0) is 12.3 Å². The first kappa shape index (κ1) is 12.9. The number of rotatable bonds is 1. The molecule has 0 amide bonds. The van der Waals surface area contributed by atoms with E-state index in [1.807, 2.05) is 0 Å². The standard InChI is InChI=1S/C11H19Cl3/c12-11(13,14)9-10-7-5-3-1-2-4-6-8-10/h10H,1-9H2. The minimum Gasteiger partial charge on any atom is -0.0837 e. The van der Waals surface area contributed by atoms with Gasteiger partial charge in [0.15, 0.2) is 3.79 Å². The molecule has 0 radical (unpaired) electrons. The molecule has 0 saturated heterocycles. The molecule has 0 bridgehead atoms. The van der Waals surface area contributed by atoms with E-state index >= 15 is 0 Å². The van der Waals surface area contributed by atoms with Crippen LogP contribution in [0.4, 0.5) is 0 Å². The predicted molar refractivity (Wildman–Crippen MR) is 65.3 cm³/mol. The molecule has 1 aliphatic carbocycles. The summed E-state index contributed by atoms with van der Waals surface area (Å²) >= 11 is 17.5. The summed E-state index contributed by atoms with van der Waals surface area (Å²) in [6.45, 7) is 0. The van der Waals surface area contributed by atoms with Crippen LogP contribution < -0.4 is 0 Å². The van der Waals surface area contributed by atoms with Crippen molar-refractivity contribution in [1.29, 1.82) is 0 Å². The third-order valence-electron chi connectivity index (χ3n) is 2.99. The second-order valence-corrected chi connectivity index (χ2v) is 6.90. The van der Waals surface area contributed by atoms with Crippen LogP contribution >= 0.6 is 34.8 Å². The molecule has 0 N–H and O–H groups in total. The van der Waals surface area contributed by atoms with E-state index in [9.17, 15) is 0 Å². The molecule has 84 valence electrons. The highest BCUT2D eigenvalue weighted by Gasteiger charge is 2.25. The SMILES string of the molecule is ClC(Cl)(Cl)CC1CCCCCCCC1. The third kappa shape index (κ3) is 6.37. The van der Waals surface area contributed by atoms with Gasteiger partial charge >= 0.3 is 0 Å². The van der Waals surface area contributed by atoms with Crippen LogP contribution in [0.2, 0.25) is 0 Å². The van der Waals surface area contributed by atoms with E-state index in [-0.39, 0.29) is 0 Å². The Labute approximate surface area is 102 Å². The molecule has 0 aromatic carbocycles. The predicted octanol–water partition coefficient (Wildman–Crippen LogP) is 5.50. The van der Waals surface area contributed by atoms with Crippen LogP contribution in [0.1, 0.15) is 57.8 Å². The minimum absolute atomic E-state index is 0.626. The largest absolute Gasteiger partial charge is 0.190 e. The summed E-state index contributed by atoms with van der Waals surface area (Å²) in [5.74, 6) is 0.626. The van der Waals surface area contributed by atoms with Crippen molar-refractivity contribution in [2.75, 3.05) is 0 Å². The Morgan fingerprint density at radius 3 is 1.64 bits per heavy atom. The van der Waals surface area contributed by atoms with E-state index in [1.165, 1.54) is 51.4 Å². The fourth-order valence-electron chi connectivity index (χ4n) is 2.25. The summed E-state index contributed by atoms with van der Waals surface area (Å²) in [6.07, 6.45) is 11.3. The number of halogens is 3. The highest BCUT2D eigenvalue weighted by Crippen LogP contribution is 2.37. The van der Waals surface area contributed by atoms with Gasteiger partial charge in [0, 0.05) is 0 Å². The van der Waals surface area contributed by atoms with E-state index in [0.717, 1.165) is 6.42 Å². The van der Waals surface area contributed by atoms with Crippen molar-refractivity contribution in [2.45, 2.75) is 61.6 Å². The number of alkyl halides is 3. The Hall–Kier alpha value is 0.870. The van der Waals surface area contributed by atoms with Crippen molar-refractivity contribution in [3.63, 3.8) is 0 Å². The van der Waals surface area contributed by atoms with Crippen LogP contribution in [0.25, 0.3) is 0 Å². The zero-order chi connectivity index (χ0) is 10.4. The molecule has 1 aliphatic rings. The second-order valence-electron chi connectivity index (χ2n) is 4.38. The molecule has 0 aromatic heterocycles. The van der Waals surface area contributed by atoms with Gasteiger partial charge in [-0.15, -0.1) is 0 Å². The molecule has 3 heteroatoms. The molecule has 0 spiro atoms. The molecule has 0 atom stereocenters. The lowest BCUT2D eigenvalue weighted by Crippen LogP contribution is -2.12. The zero-order valence-corrected chi connectivity index (χ0v) is 10.8. The molecule has 14 heavy (non-hydrogen) atoms. The lowest BCUT2D eigenvalue weighted by atomic mass is 9.94. The molecule has 1 rings (SSSR count). The topological polar surface area (TPSA) is 0 Å². The number of hydrogen-bond acceptors (Lipinski definition) is 0. The van der Waals surface area contributed by atoms with E-state index in [2.05, 4.69) is 0 Å². The normalized spacial score (nSPS) is 22.5. The third-order valence-corrected chi connectivity index (χ3v) is 3.46. The van der Waals surface area contributed by atoms with Gasteiger partial charge in [-0.1, -0.05) is 86.2 Å². The van der Waals surface area contributed by atoms with E-state index in [0.29, 0.717) is 5.92 Å². The fourth-order valence-corrected chi connectivity index (χ4v) is 2.90. The fraction of sp³-hybridized carbons (Fsp3) is 1.00. The highest BCUT2D eigenvalue weighted by atomic mass is 35.6. The Bertz CT molecular complexity index is 141. The summed E-state index contributed by atoms with van der Waals surface area (Å²) in [4.78, 5) is 0. The van der Waals surface area contributed by atoms with Crippen molar-refractivity contribution in [2.24, 2.45) is 5.92 Å². The van der Waals surface area contributed by atoms with E-state index in [1.54, 1.807) is 0 Å². The van der Waals surface area contributed by atoms with Gasteiger partial charge in [-0.25, -0.2) is 0 Å². The zero-order valence-electron chi connectivity index (χ0n) is 8.58. The maximum Gasteiger partial charge on any atom is 0.190 e. The van der Waals surface area contributed by atoms with Crippen molar-refractivity contribution in [3.05, 3.63) is 0 Å². The summed E-state index contributed by atoms with van der Waals surface area (Å²) in [7, 11) is 0. The first-order chi connectivity index (χ1) is 6.58. The van der Waals surface area contributed by atoms with Gasteiger partial charge in [-0.2, -0.15) is 0 Å². The smallest absolute Gasteiger partial charge is 0.0837 e. The maximum atomic E-state index is 5.83. The van der Waals surface area contributed by atoms with Crippen molar-refractivity contribution in [1.82, 2.24) is 0 Å². The minimum atomic E-state index is -1.04. The summed E-state index contributed by atoms with van der Waals surface area (Å²) in [5, 5.41) is 0. The summed E-state index contributed by atoms with van der Waals surface area (Å²) < 4.78 is -1.04. The lowest BCUT2D eigenvalue weighted by Gasteiger charge is -2.20. The van der Waals surface area contributed by atoms with Crippen molar-refractivity contribution in [3.8, 4) is 0 Å². The van der Waals surface area contributed by atoms with Gasteiger partial charge in [0.05, 0.1) is 0 Å². The molecule has 0 nitrogen and oxygen atoms in total. The molecule has 0 unspecified atom stereocenters. The maximum absolute atomic E-state index is 5.83. The van der Waals surface area contributed by atoms with Gasteiger partial charge < -0.3 is 0 Å². The average Bonchev–Trinajstić information content (AvgIpc) is 2.15. The Balaban J connectivity index is 2.32. The molecule has 1 saturated carbocycles. The molecule has 1 fully saturated rings. The van der Waals surface area contributed by atoms with Gasteiger partial charge in [-0.3, -0.25) is 0 Å². The van der Waals surface area contributed by atoms with Crippen LogP contribution in [0.5, 0.6) is 0 Å². The average molecular weight is 258 g/mol. The van der Waals surface area contributed by atoms with Crippen LogP contribution in [-0.2, 0) is 0 Å². The Kier molecular flexibility index (Phi) is 5.96. The molecular formula is C11H19Cl3.